The number of oxazole rings is 1. The van der Waals surface area contributed by atoms with E-state index in [1.165, 1.54) is 5.56 Å². The summed E-state index contributed by atoms with van der Waals surface area (Å²) in [6, 6.07) is 8.21. The average Bonchev–Trinajstić information content (AvgIpc) is 2.52. The molecule has 0 bridgehead atoms. The molecule has 0 fully saturated rings. The van der Waals surface area contributed by atoms with Gasteiger partial charge < -0.3 is 4.42 Å². The Balaban J connectivity index is 2.46. The van der Waals surface area contributed by atoms with Gasteiger partial charge in [0.15, 0.2) is 5.89 Å². The van der Waals surface area contributed by atoms with Crippen LogP contribution in [-0.4, -0.2) is 4.98 Å². The predicted molar refractivity (Wildman–Crippen MR) is 51.4 cm³/mol. The van der Waals surface area contributed by atoms with Gasteiger partial charge in [0.2, 0.25) is 0 Å². The quantitative estimate of drug-likeness (QED) is 0.662. The molecule has 0 unspecified atom stereocenters. The second-order valence-corrected chi connectivity index (χ2v) is 3.12. The van der Waals surface area contributed by atoms with Crippen molar-refractivity contribution in [3.63, 3.8) is 0 Å². The van der Waals surface area contributed by atoms with Gasteiger partial charge in [0, 0.05) is 12.5 Å². The molecule has 0 saturated carbocycles. The van der Waals surface area contributed by atoms with Crippen LogP contribution in [0.3, 0.4) is 0 Å². The zero-order chi connectivity index (χ0) is 9.26. The zero-order valence-electron chi connectivity index (χ0n) is 7.74. The summed E-state index contributed by atoms with van der Waals surface area (Å²) in [7, 11) is 0. The molecule has 1 aromatic carbocycles. The van der Waals surface area contributed by atoms with Crippen LogP contribution in [0.2, 0.25) is 0 Å². The van der Waals surface area contributed by atoms with Gasteiger partial charge in [0.25, 0.3) is 0 Å². The molecule has 13 heavy (non-hydrogen) atoms. The Morgan fingerprint density at radius 1 is 1.23 bits per heavy atom. The van der Waals surface area contributed by atoms with Crippen molar-refractivity contribution in [3.05, 3.63) is 42.0 Å². The maximum Gasteiger partial charge on any atom is 0.191 e. The lowest BCUT2D eigenvalue weighted by Crippen LogP contribution is -1.79. The summed E-state index contributed by atoms with van der Waals surface area (Å²) in [5.41, 5.74) is 3.25. The fourth-order valence-electron chi connectivity index (χ4n) is 1.30. The molecule has 2 nitrogen and oxygen atoms in total. The van der Waals surface area contributed by atoms with Gasteiger partial charge in [-0.3, -0.25) is 0 Å². The summed E-state index contributed by atoms with van der Waals surface area (Å²) in [5, 5.41) is 0. The highest BCUT2D eigenvalue weighted by Gasteiger charge is 2.01. The molecular formula is C11H11NO. The first-order chi connectivity index (χ1) is 6.25. The molecule has 1 heterocycles. The van der Waals surface area contributed by atoms with Gasteiger partial charge in [-0.05, 0) is 13.0 Å². The van der Waals surface area contributed by atoms with Crippen molar-refractivity contribution in [2.24, 2.45) is 0 Å². The predicted octanol–water partition coefficient (Wildman–Crippen LogP) is 2.96. The summed E-state index contributed by atoms with van der Waals surface area (Å²) < 4.78 is 5.15. The van der Waals surface area contributed by atoms with Crippen LogP contribution in [0.5, 0.6) is 0 Å². The number of rotatable bonds is 1. The Kier molecular flexibility index (Phi) is 1.89. The first-order valence-electron chi connectivity index (χ1n) is 4.25. The number of hydrogen-bond acceptors (Lipinski definition) is 2. The van der Waals surface area contributed by atoms with Gasteiger partial charge in [0.05, 0.1) is 0 Å². The first kappa shape index (κ1) is 8.05. The molecular weight excluding hydrogens is 162 g/mol. The Hall–Kier alpha value is -1.57. The topological polar surface area (TPSA) is 26.0 Å². The fourth-order valence-corrected chi connectivity index (χ4v) is 1.30. The molecule has 0 aliphatic heterocycles. The monoisotopic (exact) mass is 173 g/mol. The van der Waals surface area contributed by atoms with Gasteiger partial charge in [0.1, 0.15) is 12.0 Å². The number of benzene rings is 1. The van der Waals surface area contributed by atoms with E-state index in [2.05, 4.69) is 24.0 Å². The summed E-state index contributed by atoms with van der Waals surface area (Å²) in [4.78, 5) is 4.26. The maximum atomic E-state index is 5.15. The highest BCUT2D eigenvalue weighted by molar-refractivity contribution is 5.58. The van der Waals surface area contributed by atoms with Crippen LogP contribution < -0.4 is 0 Å². The average molecular weight is 173 g/mol. The van der Waals surface area contributed by atoms with Crippen LogP contribution in [0.1, 0.15) is 11.5 Å². The number of nitrogens with zero attached hydrogens (tertiary/aromatic N) is 1. The van der Waals surface area contributed by atoms with E-state index in [9.17, 15) is 0 Å². The Labute approximate surface area is 77.2 Å². The molecule has 2 heteroatoms. The number of aryl methyl sites for hydroxylation is 2. The largest absolute Gasteiger partial charge is 0.449 e. The zero-order valence-corrected chi connectivity index (χ0v) is 7.74. The van der Waals surface area contributed by atoms with Crippen LogP contribution >= 0.6 is 0 Å². The minimum atomic E-state index is 0.705. The third-order valence-corrected chi connectivity index (χ3v) is 1.93. The molecule has 2 aromatic rings. The Morgan fingerprint density at radius 3 is 2.69 bits per heavy atom. The summed E-state index contributed by atoms with van der Waals surface area (Å²) >= 11 is 0. The lowest BCUT2D eigenvalue weighted by Gasteiger charge is -1.96. The van der Waals surface area contributed by atoms with Gasteiger partial charge in [-0.25, -0.2) is 4.98 Å². The molecule has 0 spiro atoms. The van der Waals surface area contributed by atoms with E-state index in [-0.39, 0.29) is 0 Å². The van der Waals surface area contributed by atoms with E-state index >= 15 is 0 Å². The Bertz CT molecular complexity index is 418. The molecule has 0 radical (unpaired) electrons. The van der Waals surface area contributed by atoms with E-state index in [1.54, 1.807) is 6.26 Å². The van der Waals surface area contributed by atoms with E-state index in [1.807, 2.05) is 19.1 Å². The van der Waals surface area contributed by atoms with Crippen LogP contribution in [0.4, 0.5) is 0 Å². The molecule has 0 aliphatic rings. The minimum Gasteiger partial charge on any atom is -0.449 e. The molecule has 2 rings (SSSR count). The Morgan fingerprint density at radius 2 is 2.08 bits per heavy atom. The minimum absolute atomic E-state index is 0.705. The van der Waals surface area contributed by atoms with Crippen molar-refractivity contribution < 1.29 is 4.42 Å². The highest BCUT2D eigenvalue weighted by Crippen LogP contribution is 2.18. The molecule has 0 N–H and O–H groups in total. The molecule has 0 saturated heterocycles. The molecule has 66 valence electrons. The molecule has 0 amide bonds. The third kappa shape index (κ3) is 1.61. The highest BCUT2D eigenvalue weighted by atomic mass is 16.3. The van der Waals surface area contributed by atoms with Crippen molar-refractivity contribution in [1.29, 1.82) is 0 Å². The van der Waals surface area contributed by atoms with Crippen molar-refractivity contribution in [1.82, 2.24) is 4.98 Å². The van der Waals surface area contributed by atoms with Gasteiger partial charge in [-0.15, -0.1) is 0 Å². The molecule has 0 aliphatic carbocycles. The lowest BCUT2D eigenvalue weighted by molar-refractivity contribution is 0.521. The molecule has 1 aromatic heterocycles. The van der Waals surface area contributed by atoms with Crippen LogP contribution in [0, 0.1) is 13.8 Å². The molecule has 0 atom stereocenters. The normalized spacial score (nSPS) is 10.3. The van der Waals surface area contributed by atoms with Crippen LogP contribution in [0.15, 0.2) is 34.9 Å². The van der Waals surface area contributed by atoms with Crippen molar-refractivity contribution >= 4 is 0 Å². The van der Waals surface area contributed by atoms with Crippen molar-refractivity contribution in [2.45, 2.75) is 13.8 Å². The van der Waals surface area contributed by atoms with Gasteiger partial charge in [-0.1, -0.05) is 23.8 Å². The van der Waals surface area contributed by atoms with Crippen molar-refractivity contribution in [3.8, 4) is 11.3 Å². The smallest absolute Gasteiger partial charge is 0.191 e. The van der Waals surface area contributed by atoms with E-state index in [0.29, 0.717) is 5.89 Å². The van der Waals surface area contributed by atoms with E-state index < -0.39 is 0 Å². The summed E-state index contributed by atoms with van der Waals surface area (Å²) in [5.74, 6) is 0.705. The summed E-state index contributed by atoms with van der Waals surface area (Å²) in [6.45, 7) is 3.91. The first-order valence-corrected chi connectivity index (χ1v) is 4.25. The SMILES string of the molecule is Cc1cccc(-c2coc(C)n2)c1. The maximum absolute atomic E-state index is 5.15. The second-order valence-electron chi connectivity index (χ2n) is 3.12. The number of aromatic nitrogens is 1. The number of hydrogen-bond donors (Lipinski definition) is 0. The standard InChI is InChI=1S/C11H11NO/c1-8-4-3-5-10(6-8)11-7-13-9(2)12-11/h3-7H,1-2H3. The van der Waals surface area contributed by atoms with E-state index in [0.717, 1.165) is 11.3 Å². The van der Waals surface area contributed by atoms with E-state index in [4.69, 9.17) is 4.42 Å². The van der Waals surface area contributed by atoms with Crippen LogP contribution in [-0.2, 0) is 0 Å². The summed E-state index contributed by atoms with van der Waals surface area (Å²) in [6.07, 6.45) is 1.68. The van der Waals surface area contributed by atoms with Crippen LogP contribution in [0.25, 0.3) is 11.3 Å². The third-order valence-electron chi connectivity index (χ3n) is 1.93. The fraction of sp³-hybridized carbons (Fsp3) is 0.182. The van der Waals surface area contributed by atoms with Gasteiger partial charge in [-0.2, -0.15) is 0 Å². The lowest BCUT2D eigenvalue weighted by atomic mass is 10.1. The van der Waals surface area contributed by atoms with Gasteiger partial charge >= 0.3 is 0 Å². The second kappa shape index (κ2) is 3.05. The van der Waals surface area contributed by atoms with Crippen molar-refractivity contribution in [2.75, 3.05) is 0 Å².